The lowest BCUT2D eigenvalue weighted by atomic mass is 10.2. The zero-order chi connectivity index (χ0) is 17.5. The van der Waals surface area contributed by atoms with Gasteiger partial charge in [0, 0.05) is 39.2 Å². The van der Waals surface area contributed by atoms with E-state index >= 15 is 0 Å². The van der Waals surface area contributed by atoms with Crippen LogP contribution in [0.3, 0.4) is 0 Å². The van der Waals surface area contributed by atoms with Gasteiger partial charge < -0.3 is 24.2 Å². The van der Waals surface area contributed by atoms with Gasteiger partial charge in [-0.25, -0.2) is 0 Å². The van der Waals surface area contributed by atoms with E-state index in [-0.39, 0.29) is 24.0 Å². The van der Waals surface area contributed by atoms with Crippen molar-refractivity contribution < 1.29 is 14.0 Å². The van der Waals surface area contributed by atoms with Crippen LogP contribution in [0.2, 0.25) is 0 Å². The molecule has 2 rings (SSSR count). The molecule has 8 nitrogen and oxygen atoms in total. The van der Waals surface area contributed by atoms with Gasteiger partial charge in [-0.2, -0.15) is 4.98 Å². The zero-order valence-corrected chi connectivity index (χ0v) is 17.4. The van der Waals surface area contributed by atoms with E-state index in [0.29, 0.717) is 24.8 Å². The third-order valence-corrected chi connectivity index (χ3v) is 3.45. The lowest BCUT2D eigenvalue weighted by Crippen LogP contribution is -2.38. The minimum absolute atomic E-state index is 0. The number of hydrogen-bond donors (Lipinski definition) is 1. The van der Waals surface area contributed by atoms with Crippen LogP contribution in [0, 0.1) is 6.92 Å². The fraction of sp³-hybridized carbons (Fsp3) is 0.438. The Bertz CT molecular complexity index is 705. The Hall–Kier alpha value is -2.04. The van der Waals surface area contributed by atoms with Crippen molar-refractivity contribution in [3.63, 3.8) is 0 Å². The number of nitrogens with zero attached hydrogens (tertiary/aromatic N) is 4. The second kappa shape index (κ2) is 10.1. The minimum Gasteiger partial charge on any atom is -0.497 e. The first-order valence-electron chi connectivity index (χ1n) is 7.49. The maximum absolute atomic E-state index is 5.43. The van der Waals surface area contributed by atoms with Crippen LogP contribution in [0.5, 0.6) is 11.5 Å². The van der Waals surface area contributed by atoms with Gasteiger partial charge in [0.05, 0.1) is 20.8 Å². The zero-order valence-electron chi connectivity index (χ0n) is 15.1. The number of ether oxygens (including phenoxy) is 2. The van der Waals surface area contributed by atoms with Crippen molar-refractivity contribution in [1.29, 1.82) is 0 Å². The molecule has 0 radical (unpaired) electrons. The number of methoxy groups -OCH3 is 2. The van der Waals surface area contributed by atoms with Gasteiger partial charge in [0.1, 0.15) is 11.5 Å². The lowest BCUT2D eigenvalue weighted by Gasteiger charge is -2.22. The lowest BCUT2D eigenvalue weighted by molar-refractivity contribution is 0.381. The fourth-order valence-electron chi connectivity index (χ4n) is 2.27. The van der Waals surface area contributed by atoms with Gasteiger partial charge in [-0.15, -0.1) is 24.0 Å². The first-order valence-corrected chi connectivity index (χ1v) is 7.49. The van der Waals surface area contributed by atoms with Gasteiger partial charge in [-0.1, -0.05) is 5.16 Å². The van der Waals surface area contributed by atoms with Gasteiger partial charge in [-0.05, 0) is 12.1 Å². The highest BCUT2D eigenvalue weighted by atomic mass is 127. The molecule has 0 unspecified atom stereocenters. The quantitative estimate of drug-likeness (QED) is 0.401. The van der Waals surface area contributed by atoms with E-state index in [9.17, 15) is 0 Å². The second-order valence-corrected chi connectivity index (χ2v) is 5.16. The van der Waals surface area contributed by atoms with Gasteiger partial charge in [0.15, 0.2) is 11.8 Å². The normalized spacial score (nSPS) is 10.8. The Kier molecular flexibility index (Phi) is 8.46. The van der Waals surface area contributed by atoms with Gasteiger partial charge in [-0.3, -0.25) is 4.99 Å². The molecule has 0 aliphatic carbocycles. The summed E-state index contributed by atoms with van der Waals surface area (Å²) in [4.78, 5) is 10.4. The summed E-state index contributed by atoms with van der Waals surface area (Å²) in [5, 5.41) is 7.06. The fourth-order valence-corrected chi connectivity index (χ4v) is 2.27. The summed E-state index contributed by atoms with van der Waals surface area (Å²) >= 11 is 0. The maximum atomic E-state index is 5.43. The summed E-state index contributed by atoms with van der Waals surface area (Å²) in [5.41, 5.74) is 1.03. The van der Waals surface area contributed by atoms with Crippen molar-refractivity contribution in [2.75, 3.05) is 28.3 Å². The van der Waals surface area contributed by atoms with Gasteiger partial charge in [0.25, 0.3) is 0 Å². The largest absolute Gasteiger partial charge is 0.497 e. The highest BCUT2D eigenvalue weighted by Crippen LogP contribution is 2.25. The van der Waals surface area contributed by atoms with Crippen molar-refractivity contribution in [1.82, 2.24) is 20.4 Å². The van der Waals surface area contributed by atoms with Crippen LogP contribution >= 0.6 is 24.0 Å². The molecule has 1 aromatic carbocycles. The number of guanidine groups is 1. The van der Waals surface area contributed by atoms with Crippen molar-refractivity contribution in [2.24, 2.45) is 4.99 Å². The Morgan fingerprint density at radius 3 is 2.64 bits per heavy atom. The van der Waals surface area contributed by atoms with Crippen LogP contribution in [0.4, 0.5) is 0 Å². The van der Waals surface area contributed by atoms with E-state index in [2.05, 4.69) is 20.4 Å². The Morgan fingerprint density at radius 1 is 1.32 bits per heavy atom. The molecule has 9 heteroatoms. The number of rotatable bonds is 6. The molecule has 0 bridgehead atoms. The van der Waals surface area contributed by atoms with E-state index in [1.165, 1.54) is 0 Å². The molecule has 1 aromatic heterocycles. The van der Waals surface area contributed by atoms with E-state index < -0.39 is 0 Å². The van der Waals surface area contributed by atoms with Crippen LogP contribution in [0.1, 0.15) is 17.3 Å². The third-order valence-electron chi connectivity index (χ3n) is 3.45. The number of aromatic nitrogens is 2. The van der Waals surface area contributed by atoms with Crippen LogP contribution < -0.4 is 14.8 Å². The minimum atomic E-state index is 0. The van der Waals surface area contributed by atoms with Gasteiger partial charge in [0.2, 0.25) is 5.89 Å². The Labute approximate surface area is 164 Å². The SMILES string of the molecule is CN=C(NCc1noc(C)n1)N(C)Cc1ccc(OC)cc1OC.I. The standard InChI is InChI=1S/C16H23N5O3.HI/c1-11-19-15(20-24-11)9-18-16(17-2)21(3)10-12-6-7-13(22-4)8-14(12)23-5;/h6-8H,9-10H2,1-5H3,(H,17,18);1H. The Morgan fingerprint density at radius 2 is 2.08 bits per heavy atom. The summed E-state index contributed by atoms with van der Waals surface area (Å²) in [6.45, 7) is 2.82. The number of aliphatic imine (C=N–C) groups is 1. The molecular weight excluding hydrogens is 437 g/mol. The highest BCUT2D eigenvalue weighted by molar-refractivity contribution is 14.0. The van der Waals surface area contributed by atoms with E-state index in [1.54, 1.807) is 28.2 Å². The highest BCUT2D eigenvalue weighted by Gasteiger charge is 2.12. The topological polar surface area (TPSA) is 85.0 Å². The van der Waals surface area contributed by atoms with E-state index in [1.807, 2.05) is 30.1 Å². The summed E-state index contributed by atoms with van der Waals surface area (Å²) in [6, 6.07) is 5.75. The predicted octanol–water partition coefficient (Wildman–Crippen LogP) is 2.22. The predicted molar refractivity (Wildman–Crippen MR) is 106 cm³/mol. The number of nitrogens with one attached hydrogen (secondary N) is 1. The van der Waals surface area contributed by atoms with Crippen LogP contribution in [-0.4, -0.2) is 49.3 Å². The molecule has 138 valence electrons. The monoisotopic (exact) mass is 461 g/mol. The molecule has 0 spiro atoms. The number of benzene rings is 1. The summed E-state index contributed by atoms with van der Waals surface area (Å²) in [7, 11) is 6.95. The average molecular weight is 461 g/mol. The molecule has 0 aliphatic rings. The van der Waals surface area contributed by atoms with E-state index in [0.717, 1.165) is 23.0 Å². The molecule has 0 atom stereocenters. The van der Waals surface area contributed by atoms with Crippen LogP contribution in [0.15, 0.2) is 27.7 Å². The first-order chi connectivity index (χ1) is 11.6. The molecule has 25 heavy (non-hydrogen) atoms. The molecule has 0 saturated carbocycles. The van der Waals surface area contributed by atoms with Gasteiger partial charge >= 0.3 is 0 Å². The maximum Gasteiger partial charge on any atom is 0.223 e. The second-order valence-electron chi connectivity index (χ2n) is 5.16. The summed E-state index contributed by atoms with van der Waals surface area (Å²) < 4.78 is 15.6. The molecular formula is C16H24IN5O3. The first kappa shape index (κ1) is 21.0. The average Bonchev–Trinajstić information content (AvgIpc) is 3.01. The Balaban J connectivity index is 0.00000312. The van der Waals surface area contributed by atoms with Crippen molar-refractivity contribution in [3.05, 3.63) is 35.5 Å². The molecule has 0 amide bonds. The number of aryl methyl sites for hydroxylation is 1. The summed E-state index contributed by atoms with van der Waals surface area (Å²) in [5.74, 6) is 3.37. The number of hydrogen-bond acceptors (Lipinski definition) is 6. The molecule has 0 fully saturated rings. The summed E-state index contributed by atoms with van der Waals surface area (Å²) in [6.07, 6.45) is 0. The van der Waals surface area contributed by atoms with Crippen molar-refractivity contribution in [2.45, 2.75) is 20.0 Å². The molecule has 1 N–H and O–H groups in total. The van der Waals surface area contributed by atoms with Crippen molar-refractivity contribution >= 4 is 29.9 Å². The van der Waals surface area contributed by atoms with Crippen molar-refractivity contribution in [3.8, 4) is 11.5 Å². The smallest absolute Gasteiger partial charge is 0.223 e. The molecule has 1 heterocycles. The van der Waals surface area contributed by atoms with Crippen LogP contribution in [0.25, 0.3) is 0 Å². The molecule has 0 aliphatic heterocycles. The van der Waals surface area contributed by atoms with E-state index in [4.69, 9.17) is 14.0 Å². The number of halogens is 1. The van der Waals surface area contributed by atoms with Crippen LogP contribution in [-0.2, 0) is 13.1 Å². The third kappa shape index (κ3) is 5.76. The molecule has 2 aromatic rings. The molecule has 0 saturated heterocycles.